The van der Waals surface area contributed by atoms with Crippen molar-refractivity contribution in [3.63, 3.8) is 0 Å². The summed E-state index contributed by atoms with van der Waals surface area (Å²) >= 11 is 3.35. The first-order valence-electron chi connectivity index (χ1n) is 7.10. The second-order valence-corrected chi connectivity index (χ2v) is 6.32. The normalized spacial score (nSPS) is 16.0. The zero-order chi connectivity index (χ0) is 15.7. The van der Waals surface area contributed by atoms with E-state index < -0.39 is 5.69 Å². The number of nitrogens with one attached hydrogen (secondary N) is 1. The molecule has 0 spiro atoms. The highest BCUT2D eigenvalue weighted by Crippen LogP contribution is 2.14. The molecule has 3 rings (SSSR count). The number of piperazine rings is 1. The van der Waals surface area contributed by atoms with E-state index in [9.17, 15) is 9.59 Å². The minimum atomic E-state index is -0.417. The molecule has 2 heterocycles. The molecular weight excluding hydrogens is 348 g/mol. The van der Waals surface area contributed by atoms with Crippen LogP contribution >= 0.6 is 15.9 Å². The van der Waals surface area contributed by atoms with Gasteiger partial charge in [-0.15, -0.1) is 0 Å². The molecule has 22 heavy (non-hydrogen) atoms. The van der Waals surface area contributed by atoms with Crippen molar-refractivity contribution in [2.45, 2.75) is 0 Å². The first-order valence-corrected chi connectivity index (χ1v) is 7.90. The predicted octanol–water partition coefficient (Wildman–Crippen LogP) is 1.04. The van der Waals surface area contributed by atoms with Gasteiger partial charge < -0.3 is 9.80 Å². The number of aromatic amines is 1. The average Bonchev–Trinajstić information content (AvgIpc) is 2.47. The molecule has 0 aliphatic carbocycles. The number of nitrogens with zero attached hydrogens (tertiary/aromatic N) is 3. The fourth-order valence-corrected chi connectivity index (χ4v) is 2.95. The highest BCUT2D eigenvalue weighted by Gasteiger charge is 2.17. The number of halogens is 1. The van der Waals surface area contributed by atoms with Gasteiger partial charge in [-0.1, -0.05) is 22.0 Å². The molecule has 2 aromatic rings. The molecule has 1 N–H and O–H groups in total. The van der Waals surface area contributed by atoms with Crippen LogP contribution in [0.4, 0.5) is 5.82 Å². The average molecular weight is 365 g/mol. The molecule has 1 saturated heterocycles. The monoisotopic (exact) mass is 364 g/mol. The number of likely N-dealkylation sites (N-methyl/N-ethyl adjacent to an activating group) is 1. The van der Waals surface area contributed by atoms with Crippen molar-refractivity contribution >= 4 is 21.7 Å². The second-order valence-electron chi connectivity index (χ2n) is 5.40. The molecular formula is C15H17BrN4O2. The van der Waals surface area contributed by atoms with Gasteiger partial charge in [0.15, 0.2) is 0 Å². The number of aromatic nitrogens is 2. The molecule has 1 fully saturated rings. The summed E-state index contributed by atoms with van der Waals surface area (Å²) in [5.74, 6) is 0.592. The third-order valence-electron chi connectivity index (χ3n) is 3.83. The Labute approximate surface area is 136 Å². The van der Waals surface area contributed by atoms with Crippen LogP contribution < -0.4 is 16.1 Å². The van der Waals surface area contributed by atoms with Crippen molar-refractivity contribution in [3.05, 3.63) is 55.6 Å². The van der Waals surface area contributed by atoms with Gasteiger partial charge in [-0.05, 0) is 25.2 Å². The van der Waals surface area contributed by atoms with Gasteiger partial charge in [-0.25, -0.2) is 9.36 Å². The van der Waals surface area contributed by atoms with E-state index in [2.05, 4.69) is 32.9 Å². The molecule has 1 aliphatic heterocycles. The van der Waals surface area contributed by atoms with Crippen molar-refractivity contribution in [1.29, 1.82) is 0 Å². The fourth-order valence-electron chi connectivity index (χ4n) is 2.56. The summed E-state index contributed by atoms with van der Waals surface area (Å²) in [6.45, 7) is 3.42. The molecule has 0 unspecified atom stereocenters. The van der Waals surface area contributed by atoms with Crippen molar-refractivity contribution < 1.29 is 0 Å². The van der Waals surface area contributed by atoms with Crippen molar-refractivity contribution in [2.75, 3.05) is 38.1 Å². The van der Waals surface area contributed by atoms with Crippen LogP contribution in [0.1, 0.15) is 0 Å². The van der Waals surface area contributed by atoms with E-state index in [1.807, 2.05) is 11.0 Å². The van der Waals surface area contributed by atoms with E-state index in [4.69, 9.17) is 0 Å². The van der Waals surface area contributed by atoms with E-state index in [1.54, 1.807) is 18.2 Å². The Kier molecular flexibility index (Phi) is 4.17. The van der Waals surface area contributed by atoms with E-state index >= 15 is 0 Å². The van der Waals surface area contributed by atoms with Gasteiger partial charge in [0.1, 0.15) is 5.82 Å². The highest BCUT2D eigenvalue weighted by molar-refractivity contribution is 9.10. The lowest BCUT2D eigenvalue weighted by Gasteiger charge is -2.33. The zero-order valence-corrected chi connectivity index (χ0v) is 13.8. The molecule has 1 aliphatic rings. The molecule has 7 heteroatoms. The summed E-state index contributed by atoms with van der Waals surface area (Å²) < 4.78 is 1.96. The topological polar surface area (TPSA) is 61.3 Å². The van der Waals surface area contributed by atoms with Crippen LogP contribution in [0.25, 0.3) is 5.69 Å². The minimum absolute atomic E-state index is 0.323. The van der Waals surface area contributed by atoms with Crippen LogP contribution in [0.5, 0.6) is 0 Å². The summed E-state index contributed by atoms with van der Waals surface area (Å²) in [6.07, 6.45) is 0. The third kappa shape index (κ3) is 3.00. The number of hydrogen-bond donors (Lipinski definition) is 1. The summed E-state index contributed by atoms with van der Waals surface area (Å²) in [4.78, 5) is 31.8. The number of hydrogen-bond acceptors (Lipinski definition) is 4. The Morgan fingerprint density at radius 3 is 2.45 bits per heavy atom. The van der Waals surface area contributed by atoms with Crippen molar-refractivity contribution in [1.82, 2.24) is 14.5 Å². The molecule has 1 aromatic heterocycles. The van der Waals surface area contributed by atoms with Gasteiger partial charge in [0.2, 0.25) is 0 Å². The Hall–Kier alpha value is -1.86. The van der Waals surface area contributed by atoms with E-state index in [0.717, 1.165) is 35.2 Å². The van der Waals surface area contributed by atoms with Gasteiger partial charge in [0.05, 0.1) is 5.69 Å². The van der Waals surface area contributed by atoms with E-state index in [1.165, 1.54) is 6.07 Å². The Morgan fingerprint density at radius 1 is 1.09 bits per heavy atom. The summed E-state index contributed by atoms with van der Waals surface area (Å²) in [6, 6.07) is 8.61. The lowest BCUT2D eigenvalue weighted by atomic mass is 10.3. The minimum Gasteiger partial charge on any atom is -0.355 e. The van der Waals surface area contributed by atoms with Gasteiger partial charge in [-0.3, -0.25) is 9.78 Å². The second kappa shape index (κ2) is 6.10. The maximum Gasteiger partial charge on any atom is 0.334 e. The first kappa shape index (κ1) is 15.1. The molecule has 1 aromatic carbocycles. The summed E-state index contributed by atoms with van der Waals surface area (Å²) in [5, 5.41) is 0. The van der Waals surface area contributed by atoms with Gasteiger partial charge in [-0.2, -0.15) is 0 Å². The standard InChI is InChI=1S/C15H17BrN4O2/c1-18-5-7-19(8-6-18)13-10-14(21)20(15(22)17-13)12-4-2-3-11(16)9-12/h2-4,9-10H,5-8H2,1H3,(H,17,22). The van der Waals surface area contributed by atoms with Crippen LogP contribution in [0, 0.1) is 0 Å². The van der Waals surface area contributed by atoms with Crippen LogP contribution in [-0.2, 0) is 0 Å². The Bertz CT molecular complexity index is 759. The highest BCUT2D eigenvalue weighted by atomic mass is 79.9. The number of rotatable bonds is 2. The summed E-state index contributed by atoms with van der Waals surface area (Å²) in [5.41, 5.74) is -0.194. The maximum atomic E-state index is 12.4. The van der Waals surface area contributed by atoms with Crippen LogP contribution in [-0.4, -0.2) is 47.7 Å². The predicted molar refractivity (Wildman–Crippen MR) is 90.1 cm³/mol. The molecule has 0 amide bonds. The third-order valence-corrected chi connectivity index (χ3v) is 4.32. The van der Waals surface area contributed by atoms with Crippen LogP contribution in [0.2, 0.25) is 0 Å². The maximum absolute atomic E-state index is 12.4. The molecule has 6 nitrogen and oxygen atoms in total. The van der Waals surface area contributed by atoms with Gasteiger partial charge in [0.25, 0.3) is 5.56 Å². The SMILES string of the molecule is CN1CCN(c2cc(=O)n(-c3cccc(Br)c3)c(=O)[nH]2)CC1. The quantitative estimate of drug-likeness (QED) is 0.864. The first-order chi connectivity index (χ1) is 10.5. The smallest absolute Gasteiger partial charge is 0.334 e. The van der Waals surface area contributed by atoms with Crippen molar-refractivity contribution in [2.24, 2.45) is 0 Å². The van der Waals surface area contributed by atoms with E-state index in [0.29, 0.717) is 11.5 Å². The number of anilines is 1. The molecule has 0 saturated carbocycles. The number of H-pyrrole nitrogens is 1. The lowest BCUT2D eigenvalue weighted by Crippen LogP contribution is -2.46. The lowest BCUT2D eigenvalue weighted by molar-refractivity contribution is 0.312. The Balaban J connectivity index is 1.99. The van der Waals surface area contributed by atoms with Crippen molar-refractivity contribution in [3.8, 4) is 5.69 Å². The van der Waals surface area contributed by atoms with Gasteiger partial charge >= 0.3 is 5.69 Å². The number of benzene rings is 1. The van der Waals surface area contributed by atoms with Crippen LogP contribution in [0.3, 0.4) is 0 Å². The largest absolute Gasteiger partial charge is 0.355 e. The zero-order valence-electron chi connectivity index (χ0n) is 12.3. The molecule has 116 valence electrons. The molecule has 0 atom stereocenters. The molecule has 0 bridgehead atoms. The van der Waals surface area contributed by atoms with E-state index in [-0.39, 0.29) is 5.56 Å². The fraction of sp³-hybridized carbons (Fsp3) is 0.333. The summed E-state index contributed by atoms with van der Waals surface area (Å²) in [7, 11) is 2.06. The van der Waals surface area contributed by atoms with Gasteiger partial charge in [0, 0.05) is 36.7 Å². The molecule has 0 radical (unpaired) electrons. The van der Waals surface area contributed by atoms with Crippen LogP contribution in [0.15, 0.2) is 44.4 Å². The Morgan fingerprint density at radius 2 is 1.82 bits per heavy atom.